The van der Waals surface area contributed by atoms with Gasteiger partial charge in [0.2, 0.25) is 0 Å². The molecule has 2 atom stereocenters. The lowest BCUT2D eigenvalue weighted by molar-refractivity contribution is 0.0567. The monoisotopic (exact) mass is 417 g/mol. The highest BCUT2D eigenvalue weighted by Crippen LogP contribution is 2.42. The number of sulfone groups is 1. The number of anilines is 1. The lowest BCUT2D eigenvalue weighted by Gasteiger charge is -2.30. The van der Waals surface area contributed by atoms with Gasteiger partial charge in [0.05, 0.1) is 29.0 Å². The van der Waals surface area contributed by atoms with Gasteiger partial charge in [-0.15, -0.1) is 0 Å². The van der Waals surface area contributed by atoms with Crippen molar-refractivity contribution >= 4 is 21.6 Å². The zero-order valence-electron chi connectivity index (χ0n) is 17.1. The van der Waals surface area contributed by atoms with Gasteiger partial charge in [0.15, 0.2) is 9.84 Å². The van der Waals surface area contributed by atoms with Crippen molar-refractivity contribution in [3.05, 3.63) is 59.7 Å². The molecule has 1 N–H and O–H groups in total. The Morgan fingerprint density at radius 3 is 2.31 bits per heavy atom. The van der Waals surface area contributed by atoms with Gasteiger partial charge >= 0.3 is 6.09 Å². The summed E-state index contributed by atoms with van der Waals surface area (Å²) in [5.41, 5.74) is 1.54. The summed E-state index contributed by atoms with van der Waals surface area (Å²) in [5, 5.41) is 10.0. The normalized spacial score (nSPS) is 19.1. The number of fused-ring (bicyclic) bond motifs is 1. The Hall–Kier alpha value is -2.38. The summed E-state index contributed by atoms with van der Waals surface area (Å²) >= 11 is 0. The number of rotatable bonds is 4. The van der Waals surface area contributed by atoms with Crippen LogP contribution in [-0.2, 0) is 14.6 Å². The second-order valence-electron chi connectivity index (χ2n) is 8.36. The first-order valence-electron chi connectivity index (χ1n) is 9.55. The number of aliphatic hydroxyl groups is 1. The van der Waals surface area contributed by atoms with E-state index in [1.807, 2.05) is 19.1 Å². The Morgan fingerprint density at radius 1 is 1.10 bits per heavy atom. The van der Waals surface area contributed by atoms with Gasteiger partial charge in [-0.3, -0.25) is 4.90 Å². The van der Waals surface area contributed by atoms with Crippen LogP contribution in [0.4, 0.5) is 10.5 Å². The minimum absolute atomic E-state index is 0.194. The summed E-state index contributed by atoms with van der Waals surface area (Å²) in [5.74, 6) is -0.825. The summed E-state index contributed by atoms with van der Waals surface area (Å²) in [6.45, 7) is 6.89. The van der Waals surface area contributed by atoms with Crippen molar-refractivity contribution in [2.24, 2.45) is 0 Å². The number of carbonyl (C=O) groups excluding carboxylic acids is 1. The molecule has 1 aliphatic rings. The summed E-state index contributed by atoms with van der Waals surface area (Å²) < 4.78 is 31.8. The van der Waals surface area contributed by atoms with Gasteiger partial charge in [-0.05, 0) is 51.5 Å². The number of nitrogens with zero attached hydrogens (tertiary/aromatic N) is 1. The SMILES string of the molecule is Cc1ccc(S(=O)(=O)C[C@@H]2[C@H](CO)c3ccccc3N2C(=O)OC(C)(C)C)cc1. The molecule has 156 valence electrons. The van der Waals surface area contributed by atoms with Gasteiger partial charge in [0.25, 0.3) is 0 Å². The number of aryl methyl sites for hydroxylation is 1. The second-order valence-corrected chi connectivity index (χ2v) is 10.4. The maximum absolute atomic E-state index is 13.1. The van der Waals surface area contributed by atoms with Crippen molar-refractivity contribution in [3.63, 3.8) is 0 Å². The fourth-order valence-electron chi connectivity index (χ4n) is 3.61. The molecule has 0 unspecified atom stereocenters. The van der Waals surface area contributed by atoms with E-state index in [9.17, 15) is 18.3 Å². The van der Waals surface area contributed by atoms with E-state index < -0.39 is 33.5 Å². The number of hydrogen-bond donors (Lipinski definition) is 1. The van der Waals surface area contributed by atoms with Gasteiger partial charge in [-0.2, -0.15) is 0 Å². The number of amides is 1. The first kappa shape index (κ1) is 21.3. The van der Waals surface area contributed by atoms with Crippen LogP contribution in [0, 0.1) is 6.92 Å². The predicted octanol–water partition coefficient (Wildman–Crippen LogP) is 3.67. The van der Waals surface area contributed by atoms with Crippen LogP contribution >= 0.6 is 0 Å². The summed E-state index contributed by atoms with van der Waals surface area (Å²) in [6, 6.07) is 13.0. The maximum Gasteiger partial charge on any atom is 0.415 e. The Morgan fingerprint density at radius 2 is 1.72 bits per heavy atom. The number of ether oxygens (including phenoxy) is 1. The molecule has 0 aromatic heterocycles. The van der Waals surface area contributed by atoms with Crippen molar-refractivity contribution in [1.29, 1.82) is 0 Å². The van der Waals surface area contributed by atoms with Crippen LogP contribution in [-0.4, -0.2) is 43.6 Å². The average molecular weight is 418 g/mol. The minimum Gasteiger partial charge on any atom is -0.443 e. The van der Waals surface area contributed by atoms with Gasteiger partial charge in [0.1, 0.15) is 5.60 Å². The van der Waals surface area contributed by atoms with E-state index >= 15 is 0 Å². The molecule has 0 saturated heterocycles. The Kier molecular flexibility index (Phi) is 5.74. The highest BCUT2D eigenvalue weighted by Gasteiger charge is 2.45. The predicted molar refractivity (Wildman–Crippen MR) is 112 cm³/mol. The molecule has 3 rings (SSSR count). The van der Waals surface area contributed by atoms with Gasteiger partial charge in [-0.25, -0.2) is 13.2 Å². The molecule has 7 heteroatoms. The van der Waals surface area contributed by atoms with E-state index in [2.05, 4.69) is 0 Å². The van der Waals surface area contributed by atoms with Crippen LogP contribution in [0.25, 0.3) is 0 Å². The number of para-hydroxylation sites is 1. The van der Waals surface area contributed by atoms with Gasteiger partial charge in [0, 0.05) is 5.92 Å². The number of carbonyl (C=O) groups is 1. The molecule has 2 aromatic carbocycles. The molecular weight excluding hydrogens is 390 g/mol. The van der Waals surface area contributed by atoms with Crippen LogP contribution in [0.1, 0.15) is 37.8 Å². The van der Waals surface area contributed by atoms with E-state index in [1.165, 1.54) is 4.90 Å². The molecule has 0 spiro atoms. The molecule has 0 aliphatic carbocycles. The van der Waals surface area contributed by atoms with Crippen molar-refractivity contribution in [2.45, 2.75) is 50.2 Å². The Bertz CT molecular complexity index is 993. The first-order chi connectivity index (χ1) is 13.5. The van der Waals surface area contributed by atoms with Crippen molar-refractivity contribution in [3.8, 4) is 0 Å². The average Bonchev–Trinajstić information content (AvgIpc) is 2.93. The fourth-order valence-corrected chi connectivity index (χ4v) is 5.18. The summed E-state index contributed by atoms with van der Waals surface area (Å²) in [6.07, 6.45) is -0.620. The van der Waals surface area contributed by atoms with Crippen LogP contribution < -0.4 is 4.90 Å². The van der Waals surface area contributed by atoms with E-state index in [0.717, 1.165) is 11.1 Å². The zero-order chi connectivity index (χ0) is 21.4. The largest absolute Gasteiger partial charge is 0.443 e. The van der Waals surface area contributed by atoms with E-state index in [4.69, 9.17) is 4.74 Å². The Labute approximate surface area is 172 Å². The highest BCUT2D eigenvalue weighted by atomic mass is 32.2. The number of hydrogen-bond acceptors (Lipinski definition) is 5. The highest BCUT2D eigenvalue weighted by molar-refractivity contribution is 7.91. The third-order valence-corrected chi connectivity index (χ3v) is 6.72. The molecule has 1 heterocycles. The number of aliphatic hydroxyl groups excluding tert-OH is 1. The lowest BCUT2D eigenvalue weighted by Crippen LogP contribution is -2.46. The molecule has 6 nitrogen and oxygen atoms in total. The first-order valence-corrected chi connectivity index (χ1v) is 11.2. The molecule has 0 radical (unpaired) electrons. The Balaban J connectivity index is 2.01. The van der Waals surface area contributed by atoms with Crippen LogP contribution in [0.5, 0.6) is 0 Å². The molecular formula is C22H27NO5S. The van der Waals surface area contributed by atoms with Crippen LogP contribution in [0.3, 0.4) is 0 Å². The fraction of sp³-hybridized carbons (Fsp3) is 0.409. The second kappa shape index (κ2) is 7.80. The lowest BCUT2D eigenvalue weighted by atomic mass is 9.97. The quantitative estimate of drug-likeness (QED) is 0.821. The molecule has 1 amide bonds. The van der Waals surface area contributed by atoms with E-state index in [1.54, 1.807) is 57.2 Å². The third-order valence-electron chi connectivity index (χ3n) is 4.95. The molecule has 2 aromatic rings. The zero-order valence-corrected chi connectivity index (χ0v) is 17.9. The summed E-state index contributed by atoms with van der Waals surface area (Å²) in [4.78, 5) is 14.6. The molecule has 29 heavy (non-hydrogen) atoms. The molecule has 1 aliphatic heterocycles. The van der Waals surface area contributed by atoms with Crippen LogP contribution in [0.2, 0.25) is 0 Å². The number of benzene rings is 2. The summed E-state index contributed by atoms with van der Waals surface area (Å²) in [7, 11) is -3.69. The maximum atomic E-state index is 13.1. The third kappa shape index (κ3) is 4.46. The van der Waals surface area contributed by atoms with Gasteiger partial charge < -0.3 is 9.84 Å². The van der Waals surface area contributed by atoms with E-state index in [0.29, 0.717) is 5.69 Å². The van der Waals surface area contributed by atoms with Crippen LogP contribution in [0.15, 0.2) is 53.4 Å². The topological polar surface area (TPSA) is 83.9 Å². The molecule has 0 bridgehead atoms. The van der Waals surface area contributed by atoms with Crippen molar-refractivity contribution in [2.75, 3.05) is 17.3 Å². The van der Waals surface area contributed by atoms with Gasteiger partial charge in [-0.1, -0.05) is 35.9 Å². The van der Waals surface area contributed by atoms with Crippen molar-refractivity contribution in [1.82, 2.24) is 0 Å². The smallest absolute Gasteiger partial charge is 0.415 e. The standard InChI is InChI=1S/C22H27NO5S/c1-15-9-11-16(12-10-15)29(26,27)14-20-18(13-24)17-7-5-6-8-19(17)23(20)21(25)28-22(2,3)4/h5-12,18,20,24H,13-14H2,1-4H3/t18-,20-/m1/s1. The minimum atomic E-state index is -3.69. The molecule has 0 saturated carbocycles. The molecule has 0 fully saturated rings. The van der Waals surface area contributed by atoms with Crippen molar-refractivity contribution < 1.29 is 23.1 Å². The van der Waals surface area contributed by atoms with E-state index in [-0.39, 0.29) is 17.3 Å².